The average Bonchev–Trinajstić information content (AvgIpc) is 2.88. The van der Waals surface area contributed by atoms with Crippen LogP contribution in [0, 0.1) is 5.82 Å². The number of benzene rings is 2. The van der Waals surface area contributed by atoms with E-state index in [4.69, 9.17) is 11.6 Å². The molecule has 21 heavy (non-hydrogen) atoms. The van der Waals surface area contributed by atoms with Crippen LogP contribution in [-0.2, 0) is 6.42 Å². The van der Waals surface area contributed by atoms with Gasteiger partial charge < -0.3 is 4.98 Å². The lowest BCUT2D eigenvalue weighted by molar-refractivity contribution is 0.0993. The molecule has 2 aromatic carbocycles. The summed E-state index contributed by atoms with van der Waals surface area (Å²) in [5.41, 5.74) is 1.61. The van der Waals surface area contributed by atoms with Crippen LogP contribution >= 0.6 is 27.5 Å². The second-order valence-electron chi connectivity index (χ2n) is 4.66. The van der Waals surface area contributed by atoms with Gasteiger partial charge in [0, 0.05) is 44.1 Å². The highest BCUT2D eigenvalue weighted by atomic mass is 79.9. The van der Waals surface area contributed by atoms with Crippen LogP contribution in [0.5, 0.6) is 0 Å². The van der Waals surface area contributed by atoms with E-state index in [1.54, 1.807) is 12.3 Å². The van der Waals surface area contributed by atoms with Crippen molar-refractivity contribution in [1.82, 2.24) is 4.98 Å². The van der Waals surface area contributed by atoms with Gasteiger partial charge in [-0.15, -0.1) is 0 Å². The van der Waals surface area contributed by atoms with E-state index in [1.807, 2.05) is 18.2 Å². The van der Waals surface area contributed by atoms with Crippen molar-refractivity contribution in [1.29, 1.82) is 0 Å². The largest absolute Gasteiger partial charge is 0.360 e. The van der Waals surface area contributed by atoms with Gasteiger partial charge >= 0.3 is 0 Å². The molecule has 0 unspecified atom stereocenters. The van der Waals surface area contributed by atoms with Crippen LogP contribution in [0.2, 0.25) is 5.02 Å². The first kappa shape index (κ1) is 14.3. The third kappa shape index (κ3) is 2.61. The Hall–Kier alpha value is -1.65. The summed E-state index contributed by atoms with van der Waals surface area (Å²) in [6, 6.07) is 10.0. The molecule has 1 aromatic heterocycles. The quantitative estimate of drug-likeness (QED) is 0.639. The molecule has 2 nitrogen and oxygen atoms in total. The summed E-state index contributed by atoms with van der Waals surface area (Å²) in [5.74, 6) is -0.644. The smallest absolute Gasteiger partial charge is 0.169 e. The zero-order valence-electron chi connectivity index (χ0n) is 10.8. The van der Waals surface area contributed by atoms with Gasteiger partial charge in [0.05, 0.1) is 0 Å². The topological polar surface area (TPSA) is 32.9 Å². The van der Waals surface area contributed by atoms with E-state index in [1.165, 1.54) is 12.1 Å². The highest BCUT2D eigenvalue weighted by Gasteiger charge is 2.17. The molecule has 0 fully saturated rings. The molecule has 0 bridgehead atoms. The summed E-state index contributed by atoms with van der Waals surface area (Å²) in [5, 5.41) is 1.07. The van der Waals surface area contributed by atoms with Crippen LogP contribution in [0.3, 0.4) is 0 Å². The molecule has 1 heterocycles. The van der Waals surface area contributed by atoms with E-state index in [2.05, 4.69) is 20.9 Å². The molecular weight excluding hydrogens is 357 g/mol. The summed E-state index contributed by atoms with van der Waals surface area (Å²) >= 11 is 9.41. The van der Waals surface area contributed by atoms with Gasteiger partial charge in [0.1, 0.15) is 5.82 Å². The summed E-state index contributed by atoms with van der Waals surface area (Å²) < 4.78 is 14.6. The molecule has 0 aliphatic heterocycles. The molecule has 0 atom stereocenters. The maximum atomic E-state index is 13.8. The second-order valence-corrected chi connectivity index (χ2v) is 5.93. The van der Waals surface area contributed by atoms with Crippen molar-refractivity contribution in [3.8, 4) is 0 Å². The maximum Gasteiger partial charge on any atom is 0.169 e. The molecule has 3 aromatic rings. The van der Waals surface area contributed by atoms with Crippen molar-refractivity contribution >= 4 is 44.2 Å². The van der Waals surface area contributed by atoms with Crippen LogP contribution in [0.4, 0.5) is 4.39 Å². The molecular formula is C16H10BrClFNO. The fourth-order valence-corrected chi connectivity index (χ4v) is 3.13. The van der Waals surface area contributed by atoms with Crippen molar-refractivity contribution in [3.63, 3.8) is 0 Å². The Bertz CT molecular complexity index is 823. The van der Waals surface area contributed by atoms with Crippen molar-refractivity contribution in [2.75, 3.05) is 0 Å². The Kier molecular flexibility index (Phi) is 3.83. The normalized spacial score (nSPS) is 11.0. The predicted molar refractivity (Wildman–Crippen MR) is 85.4 cm³/mol. The zero-order valence-corrected chi connectivity index (χ0v) is 13.1. The Morgan fingerprint density at radius 2 is 2.00 bits per heavy atom. The van der Waals surface area contributed by atoms with Crippen molar-refractivity contribution in [2.24, 2.45) is 0 Å². The summed E-state index contributed by atoms with van der Waals surface area (Å²) in [4.78, 5) is 15.5. The van der Waals surface area contributed by atoms with Gasteiger partial charge in [-0.1, -0.05) is 39.7 Å². The van der Waals surface area contributed by atoms with Gasteiger partial charge in [-0.05, 0) is 24.3 Å². The fourth-order valence-electron chi connectivity index (χ4n) is 2.32. The number of hydrogen-bond donors (Lipinski definition) is 1. The minimum absolute atomic E-state index is 0.0696. The van der Waals surface area contributed by atoms with Gasteiger partial charge in [0.25, 0.3) is 0 Å². The molecule has 106 valence electrons. The Morgan fingerprint density at radius 1 is 1.24 bits per heavy atom. The minimum Gasteiger partial charge on any atom is -0.360 e. The van der Waals surface area contributed by atoms with Crippen molar-refractivity contribution in [2.45, 2.75) is 6.42 Å². The van der Waals surface area contributed by atoms with E-state index in [-0.39, 0.29) is 22.8 Å². The number of aromatic nitrogens is 1. The molecule has 0 radical (unpaired) electrons. The molecule has 5 heteroatoms. The molecule has 0 spiro atoms. The van der Waals surface area contributed by atoms with E-state index in [9.17, 15) is 9.18 Å². The minimum atomic E-state index is -0.463. The number of fused-ring (bicyclic) bond motifs is 1. The van der Waals surface area contributed by atoms with Gasteiger partial charge in [0.2, 0.25) is 0 Å². The molecule has 1 N–H and O–H groups in total. The van der Waals surface area contributed by atoms with Crippen molar-refractivity contribution in [3.05, 3.63) is 69.0 Å². The maximum absolute atomic E-state index is 13.8. The first-order valence-electron chi connectivity index (χ1n) is 6.29. The van der Waals surface area contributed by atoms with Gasteiger partial charge in [-0.25, -0.2) is 4.39 Å². The van der Waals surface area contributed by atoms with E-state index < -0.39 is 5.82 Å². The number of rotatable bonds is 3. The Balaban J connectivity index is 2.02. The lowest BCUT2D eigenvalue weighted by atomic mass is 10.0. The van der Waals surface area contributed by atoms with E-state index >= 15 is 0 Å². The fraction of sp³-hybridized carbons (Fsp3) is 0.0625. The van der Waals surface area contributed by atoms with Gasteiger partial charge in [-0.3, -0.25) is 4.79 Å². The molecule has 0 saturated heterocycles. The van der Waals surface area contributed by atoms with Gasteiger partial charge in [-0.2, -0.15) is 0 Å². The summed E-state index contributed by atoms with van der Waals surface area (Å²) in [7, 11) is 0. The third-order valence-electron chi connectivity index (χ3n) is 3.35. The number of ketones is 1. The number of hydrogen-bond acceptors (Lipinski definition) is 1. The highest BCUT2D eigenvalue weighted by molar-refractivity contribution is 9.10. The highest BCUT2D eigenvalue weighted by Crippen LogP contribution is 2.29. The van der Waals surface area contributed by atoms with Crippen LogP contribution in [-0.4, -0.2) is 10.8 Å². The van der Waals surface area contributed by atoms with Crippen LogP contribution in [0.15, 0.2) is 47.1 Å². The zero-order chi connectivity index (χ0) is 15.0. The SMILES string of the molecule is O=C(Cc1c(F)cccc1Cl)c1c[nH]c2cccc(Br)c12. The number of Topliss-reactive ketones (excluding diaryl/α,β-unsaturated/α-hetero) is 1. The molecule has 0 saturated carbocycles. The van der Waals surface area contributed by atoms with Crippen LogP contribution in [0.1, 0.15) is 15.9 Å². The molecule has 0 amide bonds. The lowest BCUT2D eigenvalue weighted by Crippen LogP contribution is -2.05. The number of aromatic amines is 1. The number of carbonyl (C=O) groups is 1. The first-order valence-corrected chi connectivity index (χ1v) is 7.46. The number of halogens is 3. The third-order valence-corrected chi connectivity index (χ3v) is 4.37. The monoisotopic (exact) mass is 365 g/mol. The molecule has 3 rings (SSSR count). The second kappa shape index (κ2) is 5.62. The lowest BCUT2D eigenvalue weighted by Gasteiger charge is -2.05. The standard InChI is InChI=1S/C16H10BrClFNO/c17-11-3-1-6-14-16(11)10(8-20-14)15(21)7-9-12(18)4-2-5-13(9)19/h1-6,8,20H,7H2. The number of nitrogens with one attached hydrogen (secondary N) is 1. The Labute approximate surface area is 134 Å². The number of carbonyl (C=O) groups excluding carboxylic acids is 1. The number of H-pyrrole nitrogens is 1. The molecule has 0 aliphatic carbocycles. The van der Waals surface area contributed by atoms with Crippen molar-refractivity contribution < 1.29 is 9.18 Å². The van der Waals surface area contributed by atoms with Crippen LogP contribution in [0.25, 0.3) is 10.9 Å². The first-order chi connectivity index (χ1) is 10.1. The van der Waals surface area contributed by atoms with E-state index in [0.29, 0.717) is 5.56 Å². The molecule has 0 aliphatic rings. The van der Waals surface area contributed by atoms with Gasteiger partial charge in [0.15, 0.2) is 5.78 Å². The summed E-state index contributed by atoms with van der Waals surface area (Å²) in [6.45, 7) is 0. The van der Waals surface area contributed by atoms with E-state index in [0.717, 1.165) is 15.4 Å². The predicted octanol–water partition coefficient (Wildman–Crippen LogP) is 5.15. The Morgan fingerprint density at radius 3 is 2.76 bits per heavy atom. The summed E-state index contributed by atoms with van der Waals surface area (Å²) in [6.07, 6.45) is 1.58. The average molecular weight is 367 g/mol. The van der Waals surface area contributed by atoms with Crippen LogP contribution < -0.4 is 0 Å².